The number of pyridine rings is 1. The molecule has 0 saturated heterocycles. The molecule has 26 heavy (non-hydrogen) atoms. The number of rotatable bonds is 4. The summed E-state index contributed by atoms with van der Waals surface area (Å²) in [7, 11) is -3.52. The zero-order valence-electron chi connectivity index (χ0n) is 13.7. The highest BCUT2D eigenvalue weighted by Gasteiger charge is 2.11. The van der Waals surface area contributed by atoms with Gasteiger partial charge in [0.2, 0.25) is 5.95 Å². The van der Waals surface area contributed by atoms with Gasteiger partial charge in [0.15, 0.2) is 9.84 Å². The lowest BCUT2D eigenvalue weighted by molar-refractivity contribution is -0.603. The van der Waals surface area contributed by atoms with Crippen molar-refractivity contribution in [2.75, 3.05) is 0 Å². The number of imidazole rings is 1. The quantitative estimate of drug-likeness (QED) is 0.524. The van der Waals surface area contributed by atoms with E-state index in [1.165, 1.54) is 5.41 Å². The average molecular weight is 361 g/mol. The number of hydrogen-bond acceptors (Lipinski definition) is 3. The first-order chi connectivity index (χ1) is 12.6. The standard InChI is InChI=1S/C20H15N3O2S/c24-26(25,15-12-16-6-2-1-3-7-16)17-10-13-23(14-11-17)20-21-18-8-4-5-9-19(18)22-20/h1-15H/b15-12+. The average Bonchev–Trinajstić information content (AvgIpc) is 3.12. The number of benzene rings is 2. The van der Waals surface area contributed by atoms with Crippen molar-refractivity contribution in [2.24, 2.45) is 0 Å². The highest BCUT2D eigenvalue weighted by atomic mass is 32.2. The van der Waals surface area contributed by atoms with Gasteiger partial charge in [-0.3, -0.25) is 4.57 Å². The SMILES string of the molecule is O=S(=O)(/C=C/c1ccccc1)c1cc[n+](-c2nc3ccccc3[n-]2)cc1. The van der Waals surface area contributed by atoms with Crippen LogP contribution in [0.1, 0.15) is 5.56 Å². The zero-order chi connectivity index (χ0) is 18.0. The molecule has 0 unspecified atom stereocenters. The van der Waals surface area contributed by atoms with Crippen molar-refractivity contribution >= 4 is 26.9 Å². The van der Waals surface area contributed by atoms with Crippen LogP contribution in [0, 0.1) is 0 Å². The smallest absolute Gasteiger partial charge is 0.234 e. The molecule has 128 valence electrons. The zero-order valence-corrected chi connectivity index (χ0v) is 14.5. The second-order valence-corrected chi connectivity index (χ2v) is 7.55. The summed E-state index contributed by atoms with van der Waals surface area (Å²) in [6.07, 6.45) is 4.89. The monoisotopic (exact) mass is 361 g/mol. The molecular formula is C20H15N3O2S. The van der Waals surface area contributed by atoms with Gasteiger partial charge in [-0.1, -0.05) is 42.5 Å². The van der Waals surface area contributed by atoms with E-state index >= 15 is 0 Å². The van der Waals surface area contributed by atoms with Crippen LogP contribution in [0.2, 0.25) is 0 Å². The van der Waals surface area contributed by atoms with Gasteiger partial charge in [0.05, 0.1) is 15.9 Å². The van der Waals surface area contributed by atoms with Crippen LogP contribution < -0.4 is 9.55 Å². The van der Waals surface area contributed by atoms with Gasteiger partial charge in [0.1, 0.15) is 0 Å². The minimum Gasteiger partial charge on any atom is -0.293 e. The Morgan fingerprint density at radius 1 is 0.885 bits per heavy atom. The summed E-state index contributed by atoms with van der Waals surface area (Å²) < 4.78 is 26.6. The summed E-state index contributed by atoms with van der Waals surface area (Å²) in [5.74, 6) is 0.509. The molecule has 2 heterocycles. The van der Waals surface area contributed by atoms with E-state index in [2.05, 4.69) is 9.97 Å². The lowest BCUT2D eigenvalue weighted by Gasteiger charge is -2.03. The van der Waals surface area contributed by atoms with E-state index in [1.807, 2.05) is 54.6 Å². The van der Waals surface area contributed by atoms with Crippen molar-refractivity contribution in [3.63, 3.8) is 0 Å². The lowest BCUT2D eigenvalue weighted by Crippen LogP contribution is -2.31. The van der Waals surface area contributed by atoms with Gasteiger partial charge in [-0.05, 0) is 35.9 Å². The molecule has 0 aliphatic carbocycles. The molecule has 0 aliphatic heterocycles. The van der Waals surface area contributed by atoms with Crippen molar-refractivity contribution in [1.82, 2.24) is 9.97 Å². The third-order valence-corrected chi connectivity index (χ3v) is 5.34. The van der Waals surface area contributed by atoms with Crippen molar-refractivity contribution < 1.29 is 13.0 Å². The van der Waals surface area contributed by atoms with E-state index < -0.39 is 9.84 Å². The highest BCUT2D eigenvalue weighted by Crippen LogP contribution is 2.13. The van der Waals surface area contributed by atoms with E-state index in [1.54, 1.807) is 35.2 Å². The van der Waals surface area contributed by atoms with Crippen LogP contribution >= 0.6 is 0 Å². The minimum atomic E-state index is -3.52. The predicted molar refractivity (Wildman–Crippen MR) is 99.3 cm³/mol. The maximum Gasteiger partial charge on any atom is 0.234 e. The van der Waals surface area contributed by atoms with Gasteiger partial charge in [0, 0.05) is 17.8 Å². The summed E-state index contributed by atoms with van der Waals surface area (Å²) in [6, 6.07) is 20.0. The van der Waals surface area contributed by atoms with Crippen LogP contribution in [0.25, 0.3) is 23.1 Å². The molecule has 0 atom stereocenters. The van der Waals surface area contributed by atoms with E-state index in [0.717, 1.165) is 16.6 Å². The Morgan fingerprint density at radius 3 is 2.31 bits per heavy atom. The Balaban J connectivity index is 1.61. The van der Waals surface area contributed by atoms with Gasteiger partial charge < -0.3 is 0 Å². The van der Waals surface area contributed by atoms with Crippen molar-refractivity contribution in [3.05, 3.63) is 90.1 Å². The van der Waals surface area contributed by atoms with Crippen LogP contribution in [0.3, 0.4) is 0 Å². The maximum absolute atomic E-state index is 12.5. The van der Waals surface area contributed by atoms with Gasteiger partial charge in [-0.25, -0.2) is 18.4 Å². The molecule has 0 N–H and O–H groups in total. The van der Waals surface area contributed by atoms with Crippen LogP contribution in [-0.4, -0.2) is 13.4 Å². The van der Waals surface area contributed by atoms with Crippen LogP contribution in [0.4, 0.5) is 0 Å². The Kier molecular flexibility index (Phi) is 4.10. The number of hydrogen-bond donors (Lipinski definition) is 0. The topological polar surface area (TPSA) is 65.0 Å². The molecule has 2 aromatic heterocycles. The fraction of sp³-hybridized carbons (Fsp3) is 0. The second kappa shape index (κ2) is 6.57. The summed E-state index contributed by atoms with van der Waals surface area (Å²) in [5.41, 5.74) is 2.44. The molecule has 0 radical (unpaired) electrons. The van der Waals surface area contributed by atoms with E-state index in [0.29, 0.717) is 5.95 Å². The summed E-state index contributed by atoms with van der Waals surface area (Å²) in [5, 5.41) is 1.22. The van der Waals surface area contributed by atoms with Gasteiger partial charge >= 0.3 is 0 Å². The fourth-order valence-corrected chi connectivity index (χ4v) is 3.55. The minimum absolute atomic E-state index is 0.219. The number of fused-ring (bicyclic) bond motifs is 1. The summed E-state index contributed by atoms with van der Waals surface area (Å²) in [4.78, 5) is 9.10. The molecule has 0 bridgehead atoms. The third-order valence-electron chi connectivity index (χ3n) is 3.92. The van der Waals surface area contributed by atoms with E-state index in [-0.39, 0.29) is 4.90 Å². The number of aromatic nitrogens is 3. The first kappa shape index (κ1) is 16.2. The largest absolute Gasteiger partial charge is 0.293 e. The molecule has 0 aliphatic rings. The Labute approximate surface area is 151 Å². The van der Waals surface area contributed by atoms with Gasteiger partial charge in [-0.15, -0.1) is 0 Å². The molecule has 2 aromatic carbocycles. The molecular weight excluding hydrogens is 346 g/mol. The molecule has 0 amide bonds. The van der Waals surface area contributed by atoms with Crippen LogP contribution in [-0.2, 0) is 9.84 Å². The van der Waals surface area contributed by atoms with E-state index in [9.17, 15) is 8.42 Å². The molecule has 5 nitrogen and oxygen atoms in total. The van der Waals surface area contributed by atoms with Crippen molar-refractivity contribution in [3.8, 4) is 5.95 Å². The predicted octanol–water partition coefficient (Wildman–Crippen LogP) is 2.91. The fourth-order valence-electron chi connectivity index (χ4n) is 2.56. The van der Waals surface area contributed by atoms with E-state index in [4.69, 9.17) is 0 Å². The number of sulfone groups is 1. The molecule has 4 rings (SSSR count). The van der Waals surface area contributed by atoms with Crippen molar-refractivity contribution in [2.45, 2.75) is 4.90 Å². The molecule has 0 saturated carbocycles. The van der Waals surface area contributed by atoms with Gasteiger partial charge in [0.25, 0.3) is 0 Å². The molecule has 0 spiro atoms. The normalized spacial score (nSPS) is 12.0. The number of para-hydroxylation sites is 2. The second-order valence-electron chi connectivity index (χ2n) is 5.71. The molecule has 4 aromatic rings. The number of nitrogens with zero attached hydrogens (tertiary/aromatic N) is 3. The van der Waals surface area contributed by atoms with Crippen molar-refractivity contribution in [1.29, 1.82) is 0 Å². The summed E-state index contributed by atoms with van der Waals surface area (Å²) in [6.45, 7) is 0. The van der Waals surface area contributed by atoms with Crippen LogP contribution in [0.15, 0.2) is 89.4 Å². The Morgan fingerprint density at radius 2 is 1.58 bits per heavy atom. The van der Waals surface area contributed by atoms with Crippen LogP contribution in [0.5, 0.6) is 0 Å². The lowest BCUT2D eigenvalue weighted by atomic mass is 10.2. The Bertz CT molecular complexity index is 1150. The molecule has 0 fully saturated rings. The van der Waals surface area contributed by atoms with Gasteiger partial charge in [-0.2, -0.15) is 0 Å². The first-order valence-electron chi connectivity index (χ1n) is 8.01. The first-order valence-corrected chi connectivity index (χ1v) is 9.56. The third kappa shape index (κ3) is 3.27. The maximum atomic E-state index is 12.5. The highest BCUT2D eigenvalue weighted by molar-refractivity contribution is 7.94. The molecule has 6 heteroatoms. The summed E-state index contributed by atoms with van der Waals surface area (Å²) >= 11 is 0. The Hall–Kier alpha value is -3.25.